The van der Waals surface area contributed by atoms with Crippen molar-refractivity contribution in [3.05, 3.63) is 69.9 Å². The molecule has 0 bridgehead atoms. The summed E-state index contributed by atoms with van der Waals surface area (Å²) in [5, 5.41) is 4.04. The number of furan rings is 1. The van der Waals surface area contributed by atoms with Crippen LogP contribution in [0.25, 0.3) is 11.0 Å². The molecule has 1 fully saturated rings. The molecule has 0 atom stereocenters. The lowest BCUT2D eigenvalue weighted by Crippen LogP contribution is -2.44. The minimum Gasteiger partial charge on any atom is -0.451 e. The van der Waals surface area contributed by atoms with Gasteiger partial charge in [-0.1, -0.05) is 46.3 Å². The average molecular weight is 458 g/mol. The summed E-state index contributed by atoms with van der Waals surface area (Å²) in [6.45, 7) is 2.21. The fourth-order valence-electron chi connectivity index (χ4n) is 4.05. The molecule has 3 aromatic rings. The Morgan fingerprint density at radius 2 is 1.97 bits per heavy atom. The molecule has 0 aliphatic carbocycles. The Balaban J connectivity index is 1.60. The van der Waals surface area contributed by atoms with Crippen LogP contribution >= 0.6 is 15.9 Å². The first-order valence-corrected chi connectivity index (χ1v) is 10.5. The van der Waals surface area contributed by atoms with Crippen LogP contribution in [0.15, 0.2) is 57.4 Å². The summed E-state index contributed by atoms with van der Waals surface area (Å²) in [5.74, 6) is 0.110. The molecular weight excluding hydrogens is 434 g/mol. The molecule has 1 N–H and O–H groups in total. The fraction of sp³-hybridized carbons (Fsp3) is 0.348. The molecule has 6 heteroatoms. The van der Waals surface area contributed by atoms with Gasteiger partial charge in [0.05, 0.1) is 6.61 Å². The fourth-order valence-corrected chi connectivity index (χ4v) is 4.45. The number of methoxy groups -OCH3 is 1. The molecule has 29 heavy (non-hydrogen) atoms. The van der Waals surface area contributed by atoms with Crippen LogP contribution in [0.5, 0.6) is 0 Å². The normalized spacial score (nSPS) is 16.1. The molecule has 2 heterocycles. The van der Waals surface area contributed by atoms with Crippen molar-refractivity contribution in [1.29, 1.82) is 0 Å². The van der Waals surface area contributed by atoms with Gasteiger partial charge in [-0.15, -0.1) is 0 Å². The predicted octanol–water partition coefficient (Wildman–Crippen LogP) is 4.82. The summed E-state index contributed by atoms with van der Waals surface area (Å²) >= 11 is 3.57. The molecule has 0 radical (unpaired) electrons. The minimum atomic E-state index is -0.214. The van der Waals surface area contributed by atoms with Crippen molar-refractivity contribution in [3.63, 3.8) is 0 Å². The van der Waals surface area contributed by atoms with Gasteiger partial charge in [-0.05, 0) is 36.6 Å². The Labute approximate surface area is 178 Å². The lowest BCUT2D eigenvalue weighted by molar-refractivity contribution is 0.0484. The maximum atomic E-state index is 13.1. The average Bonchev–Trinajstić information content (AvgIpc) is 3.12. The van der Waals surface area contributed by atoms with Crippen molar-refractivity contribution in [2.75, 3.05) is 26.9 Å². The van der Waals surface area contributed by atoms with Gasteiger partial charge in [-0.25, -0.2) is 0 Å². The number of ether oxygens (including phenoxy) is 2. The monoisotopic (exact) mass is 457 g/mol. The van der Waals surface area contributed by atoms with E-state index in [-0.39, 0.29) is 11.3 Å². The first kappa shape index (κ1) is 20.1. The highest BCUT2D eigenvalue weighted by Gasteiger charge is 2.35. The Hall–Kier alpha value is -2.15. The Kier molecular flexibility index (Phi) is 6.04. The van der Waals surface area contributed by atoms with Crippen LogP contribution in [0.3, 0.4) is 0 Å². The van der Waals surface area contributed by atoms with E-state index in [0.29, 0.717) is 37.7 Å². The second-order valence-electron chi connectivity index (χ2n) is 7.42. The maximum Gasteiger partial charge on any atom is 0.287 e. The zero-order chi connectivity index (χ0) is 20.3. The molecule has 152 valence electrons. The van der Waals surface area contributed by atoms with Crippen molar-refractivity contribution < 1.29 is 18.7 Å². The second kappa shape index (κ2) is 8.69. The topological polar surface area (TPSA) is 60.7 Å². The zero-order valence-corrected chi connectivity index (χ0v) is 18.0. The highest BCUT2D eigenvalue weighted by molar-refractivity contribution is 9.10. The number of para-hydroxylation sites is 1. The van der Waals surface area contributed by atoms with E-state index in [1.807, 2.05) is 36.4 Å². The van der Waals surface area contributed by atoms with Gasteiger partial charge in [-0.3, -0.25) is 4.79 Å². The van der Waals surface area contributed by atoms with E-state index in [1.165, 1.54) is 5.56 Å². The van der Waals surface area contributed by atoms with Gasteiger partial charge in [-0.2, -0.15) is 0 Å². The highest BCUT2D eigenvalue weighted by atomic mass is 79.9. The van der Waals surface area contributed by atoms with E-state index in [1.54, 1.807) is 7.11 Å². The molecule has 1 aromatic heterocycles. The molecule has 0 unspecified atom stereocenters. The Bertz CT molecular complexity index is 1010. The van der Waals surface area contributed by atoms with Crippen molar-refractivity contribution in [2.24, 2.45) is 0 Å². The van der Waals surface area contributed by atoms with E-state index in [4.69, 9.17) is 13.9 Å². The summed E-state index contributed by atoms with van der Waals surface area (Å²) in [5.41, 5.74) is 2.52. The smallest absolute Gasteiger partial charge is 0.287 e. The second-order valence-corrected chi connectivity index (χ2v) is 8.34. The molecule has 1 amide bonds. The number of rotatable bonds is 6. The van der Waals surface area contributed by atoms with Crippen molar-refractivity contribution in [3.8, 4) is 0 Å². The van der Waals surface area contributed by atoms with Crippen molar-refractivity contribution in [2.45, 2.75) is 24.9 Å². The van der Waals surface area contributed by atoms with Gasteiger partial charge >= 0.3 is 0 Å². The third kappa shape index (κ3) is 4.10. The van der Waals surface area contributed by atoms with Crippen LogP contribution in [-0.4, -0.2) is 32.8 Å². The predicted molar refractivity (Wildman–Crippen MR) is 115 cm³/mol. The molecule has 0 spiro atoms. The van der Waals surface area contributed by atoms with E-state index in [0.717, 1.165) is 28.3 Å². The van der Waals surface area contributed by atoms with Crippen LogP contribution in [0.2, 0.25) is 0 Å². The summed E-state index contributed by atoms with van der Waals surface area (Å²) in [6, 6.07) is 16.0. The van der Waals surface area contributed by atoms with Gasteiger partial charge in [0.25, 0.3) is 5.91 Å². The minimum absolute atomic E-state index is 0.162. The van der Waals surface area contributed by atoms with E-state index < -0.39 is 0 Å². The van der Waals surface area contributed by atoms with Gasteiger partial charge in [0, 0.05) is 47.7 Å². The molecule has 5 nitrogen and oxygen atoms in total. The Morgan fingerprint density at radius 3 is 2.72 bits per heavy atom. The zero-order valence-electron chi connectivity index (χ0n) is 16.4. The quantitative estimate of drug-likeness (QED) is 0.576. The summed E-state index contributed by atoms with van der Waals surface area (Å²) < 4.78 is 17.8. The van der Waals surface area contributed by atoms with Crippen LogP contribution < -0.4 is 5.32 Å². The van der Waals surface area contributed by atoms with Crippen molar-refractivity contribution >= 4 is 32.8 Å². The number of amides is 1. The lowest BCUT2D eigenvalue weighted by atomic mass is 9.74. The van der Waals surface area contributed by atoms with Gasteiger partial charge in [0.15, 0.2) is 5.76 Å². The largest absolute Gasteiger partial charge is 0.451 e. The maximum absolute atomic E-state index is 13.1. The summed E-state index contributed by atoms with van der Waals surface area (Å²) in [7, 11) is 1.62. The van der Waals surface area contributed by atoms with Gasteiger partial charge < -0.3 is 19.2 Å². The molecular formula is C23H24BrNO4. The number of benzene rings is 2. The molecule has 1 aliphatic rings. The molecule has 4 rings (SSSR count). The number of hydrogen-bond acceptors (Lipinski definition) is 4. The first-order chi connectivity index (χ1) is 14.1. The van der Waals surface area contributed by atoms with Crippen LogP contribution in [0, 0.1) is 0 Å². The van der Waals surface area contributed by atoms with E-state index in [9.17, 15) is 4.79 Å². The van der Waals surface area contributed by atoms with Crippen LogP contribution in [0.1, 0.15) is 34.5 Å². The van der Waals surface area contributed by atoms with Crippen molar-refractivity contribution in [1.82, 2.24) is 5.32 Å². The number of hydrogen-bond donors (Lipinski definition) is 1. The highest BCUT2D eigenvalue weighted by Crippen LogP contribution is 2.36. The lowest BCUT2D eigenvalue weighted by Gasteiger charge is -2.38. The van der Waals surface area contributed by atoms with E-state index >= 15 is 0 Å². The van der Waals surface area contributed by atoms with E-state index in [2.05, 4.69) is 33.4 Å². The number of halogens is 1. The summed E-state index contributed by atoms with van der Waals surface area (Å²) in [4.78, 5) is 13.1. The van der Waals surface area contributed by atoms with Gasteiger partial charge in [0.2, 0.25) is 0 Å². The van der Waals surface area contributed by atoms with Gasteiger partial charge in [0.1, 0.15) is 5.58 Å². The summed E-state index contributed by atoms with van der Waals surface area (Å²) in [6.07, 6.45) is 1.71. The molecule has 1 aliphatic heterocycles. The Morgan fingerprint density at radius 1 is 1.17 bits per heavy atom. The number of fused-ring (bicyclic) bond motifs is 1. The first-order valence-electron chi connectivity index (χ1n) is 9.74. The molecule has 0 saturated carbocycles. The number of carbonyl (C=O) groups excluding carboxylic acids is 1. The third-order valence-electron chi connectivity index (χ3n) is 5.67. The molecule has 1 saturated heterocycles. The SMILES string of the molecule is COCc1c(C(=O)NCC2(c3cccc(Br)c3)CCOCC2)oc2ccccc12. The number of nitrogens with one attached hydrogen (secondary N) is 1. The third-order valence-corrected chi connectivity index (χ3v) is 6.16. The standard InChI is InChI=1S/C23H24BrNO4/c1-27-14-19-18-7-2-3-8-20(18)29-21(19)22(26)25-15-23(9-11-28-12-10-23)16-5-4-6-17(24)13-16/h2-8,13H,9-12,14-15H2,1H3,(H,25,26). The van der Waals surface area contributed by atoms with Crippen LogP contribution in [-0.2, 0) is 21.5 Å². The number of carbonyl (C=O) groups is 1. The van der Waals surface area contributed by atoms with Crippen LogP contribution in [0.4, 0.5) is 0 Å². The molecule has 2 aromatic carbocycles.